The monoisotopic (exact) mass is 141 g/mol. The highest BCUT2D eigenvalue weighted by atomic mass is 16.5. The molecular formula is C8H15NO. The van der Waals surface area contributed by atoms with Gasteiger partial charge in [0.25, 0.3) is 0 Å². The molecule has 0 radical (unpaired) electrons. The largest absolute Gasteiger partial charge is 0.476 e. The standard InChI is InChI=1S/C8H15NO/c1-6(2)7-8(3,4)10-5-9-7/h5-7H,1-4H3/t7-/m0/s1. The summed E-state index contributed by atoms with van der Waals surface area (Å²) < 4.78 is 5.32. The molecule has 0 aliphatic carbocycles. The van der Waals surface area contributed by atoms with Crippen molar-refractivity contribution in [2.75, 3.05) is 0 Å². The van der Waals surface area contributed by atoms with E-state index >= 15 is 0 Å². The van der Waals surface area contributed by atoms with Crippen molar-refractivity contribution in [2.45, 2.75) is 39.3 Å². The molecule has 0 unspecified atom stereocenters. The molecule has 58 valence electrons. The summed E-state index contributed by atoms with van der Waals surface area (Å²) in [5, 5.41) is 0. The number of nitrogens with zero attached hydrogens (tertiary/aromatic N) is 1. The Morgan fingerprint density at radius 1 is 1.50 bits per heavy atom. The number of aliphatic imine (C=N–C) groups is 1. The van der Waals surface area contributed by atoms with Gasteiger partial charge in [-0.3, -0.25) is 4.99 Å². The van der Waals surface area contributed by atoms with Crippen LogP contribution in [-0.2, 0) is 4.74 Å². The number of hydrogen-bond acceptors (Lipinski definition) is 2. The van der Waals surface area contributed by atoms with Crippen molar-refractivity contribution in [3.8, 4) is 0 Å². The fourth-order valence-corrected chi connectivity index (χ4v) is 1.46. The predicted molar refractivity (Wildman–Crippen MR) is 42.3 cm³/mol. The molecule has 0 N–H and O–H groups in total. The highest BCUT2D eigenvalue weighted by Crippen LogP contribution is 2.27. The molecular weight excluding hydrogens is 126 g/mol. The highest BCUT2D eigenvalue weighted by Gasteiger charge is 2.36. The van der Waals surface area contributed by atoms with Gasteiger partial charge in [0.15, 0.2) is 6.40 Å². The molecule has 0 fully saturated rings. The Kier molecular flexibility index (Phi) is 1.71. The van der Waals surface area contributed by atoms with Gasteiger partial charge in [-0.25, -0.2) is 0 Å². The van der Waals surface area contributed by atoms with Crippen molar-refractivity contribution in [1.82, 2.24) is 0 Å². The van der Waals surface area contributed by atoms with Gasteiger partial charge in [-0.15, -0.1) is 0 Å². The van der Waals surface area contributed by atoms with Gasteiger partial charge in [-0.2, -0.15) is 0 Å². The summed E-state index contributed by atoms with van der Waals surface area (Å²) in [6, 6.07) is 0.326. The molecule has 0 aromatic carbocycles. The Bertz CT molecular complexity index is 149. The van der Waals surface area contributed by atoms with Gasteiger partial charge in [0.1, 0.15) is 5.60 Å². The third kappa shape index (κ3) is 1.15. The Hall–Kier alpha value is -0.530. The van der Waals surface area contributed by atoms with E-state index in [2.05, 4.69) is 32.7 Å². The fraction of sp³-hybridized carbons (Fsp3) is 0.875. The zero-order chi connectivity index (χ0) is 7.78. The first-order valence-electron chi connectivity index (χ1n) is 3.73. The van der Waals surface area contributed by atoms with Gasteiger partial charge in [0, 0.05) is 0 Å². The molecule has 0 spiro atoms. The van der Waals surface area contributed by atoms with E-state index in [9.17, 15) is 0 Å². The van der Waals surface area contributed by atoms with Crippen LogP contribution in [-0.4, -0.2) is 18.0 Å². The van der Waals surface area contributed by atoms with Crippen LogP contribution < -0.4 is 0 Å². The zero-order valence-electron chi connectivity index (χ0n) is 7.09. The van der Waals surface area contributed by atoms with Crippen molar-refractivity contribution in [2.24, 2.45) is 10.9 Å². The molecule has 10 heavy (non-hydrogen) atoms. The van der Waals surface area contributed by atoms with E-state index in [1.54, 1.807) is 6.40 Å². The summed E-state index contributed by atoms with van der Waals surface area (Å²) in [5.74, 6) is 0.564. The van der Waals surface area contributed by atoms with Crippen LogP contribution >= 0.6 is 0 Å². The average molecular weight is 141 g/mol. The molecule has 1 atom stereocenters. The molecule has 2 heteroatoms. The van der Waals surface area contributed by atoms with Crippen molar-refractivity contribution in [1.29, 1.82) is 0 Å². The van der Waals surface area contributed by atoms with Gasteiger partial charge < -0.3 is 4.74 Å². The van der Waals surface area contributed by atoms with E-state index < -0.39 is 0 Å². The second-order valence-corrected chi connectivity index (χ2v) is 3.66. The van der Waals surface area contributed by atoms with Crippen molar-refractivity contribution >= 4 is 6.40 Å². The molecule has 0 saturated carbocycles. The van der Waals surface area contributed by atoms with Crippen LogP contribution in [0.15, 0.2) is 4.99 Å². The van der Waals surface area contributed by atoms with E-state index in [4.69, 9.17) is 4.74 Å². The molecule has 1 aliphatic rings. The maximum Gasteiger partial charge on any atom is 0.170 e. The minimum atomic E-state index is -0.0891. The molecule has 2 nitrogen and oxygen atoms in total. The lowest BCUT2D eigenvalue weighted by molar-refractivity contribution is 0.0864. The van der Waals surface area contributed by atoms with Gasteiger partial charge in [0.2, 0.25) is 0 Å². The maximum atomic E-state index is 5.32. The van der Waals surface area contributed by atoms with Gasteiger partial charge in [-0.05, 0) is 19.8 Å². The first kappa shape index (κ1) is 7.58. The summed E-state index contributed by atoms with van der Waals surface area (Å²) in [6.45, 7) is 8.48. The van der Waals surface area contributed by atoms with Crippen molar-refractivity contribution in [3.63, 3.8) is 0 Å². The average Bonchev–Trinajstić information content (AvgIpc) is 2.08. The van der Waals surface area contributed by atoms with Gasteiger partial charge >= 0.3 is 0 Å². The maximum absolute atomic E-state index is 5.32. The van der Waals surface area contributed by atoms with Crippen molar-refractivity contribution < 1.29 is 4.74 Å². The summed E-state index contributed by atoms with van der Waals surface area (Å²) >= 11 is 0. The molecule has 0 bridgehead atoms. The number of rotatable bonds is 1. The van der Waals surface area contributed by atoms with E-state index in [1.165, 1.54) is 0 Å². The third-order valence-electron chi connectivity index (χ3n) is 1.92. The van der Waals surface area contributed by atoms with Crippen LogP contribution in [0.25, 0.3) is 0 Å². The topological polar surface area (TPSA) is 21.6 Å². The summed E-state index contributed by atoms with van der Waals surface area (Å²) in [6.07, 6.45) is 1.57. The summed E-state index contributed by atoms with van der Waals surface area (Å²) in [7, 11) is 0. The quantitative estimate of drug-likeness (QED) is 0.546. The molecule has 0 aromatic rings. The SMILES string of the molecule is CC(C)[C@@H]1N=COC1(C)C. The van der Waals surface area contributed by atoms with E-state index in [-0.39, 0.29) is 5.60 Å². The lowest BCUT2D eigenvalue weighted by Crippen LogP contribution is -2.36. The predicted octanol–water partition coefficient (Wildman–Crippen LogP) is 1.85. The molecule has 0 amide bonds. The van der Waals surface area contributed by atoms with E-state index in [0.29, 0.717) is 12.0 Å². The Morgan fingerprint density at radius 2 is 2.10 bits per heavy atom. The Morgan fingerprint density at radius 3 is 2.30 bits per heavy atom. The first-order chi connectivity index (χ1) is 4.54. The number of hydrogen-bond donors (Lipinski definition) is 0. The highest BCUT2D eigenvalue weighted by molar-refractivity contribution is 5.51. The van der Waals surface area contributed by atoms with Crippen LogP contribution in [0.4, 0.5) is 0 Å². The molecule has 1 aliphatic heterocycles. The summed E-state index contributed by atoms with van der Waals surface area (Å²) in [5.41, 5.74) is -0.0891. The van der Waals surface area contributed by atoms with E-state index in [1.807, 2.05) is 0 Å². The second-order valence-electron chi connectivity index (χ2n) is 3.66. The number of ether oxygens (including phenoxy) is 1. The first-order valence-corrected chi connectivity index (χ1v) is 3.73. The second kappa shape index (κ2) is 2.26. The lowest BCUT2D eigenvalue weighted by Gasteiger charge is -2.26. The van der Waals surface area contributed by atoms with E-state index in [0.717, 1.165) is 0 Å². The van der Waals surface area contributed by atoms with Crippen LogP contribution in [0.5, 0.6) is 0 Å². The molecule has 0 saturated heterocycles. The third-order valence-corrected chi connectivity index (χ3v) is 1.92. The zero-order valence-corrected chi connectivity index (χ0v) is 7.09. The van der Waals surface area contributed by atoms with Crippen LogP contribution in [0.2, 0.25) is 0 Å². The Labute approximate surface area is 62.3 Å². The minimum absolute atomic E-state index is 0.0891. The minimum Gasteiger partial charge on any atom is -0.476 e. The smallest absolute Gasteiger partial charge is 0.170 e. The van der Waals surface area contributed by atoms with Crippen molar-refractivity contribution in [3.05, 3.63) is 0 Å². The lowest BCUT2D eigenvalue weighted by atomic mass is 9.90. The fourth-order valence-electron chi connectivity index (χ4n) is 1.46. The van der Waals surface area contributed by atoms with Gasteiger partial charge in [0.05, 0.1) is 6.04 Å². The normalized spacial score (nSPS) is 29.1. The van der Waals surface area contributed by atoms with Crippen LogP contribution in [0.3, 0.4) is 0 Å². The summed E-state index contributed by atoms with van der Waals surface area (Å²) in [4.78, 5) is 4.24. The Balaban J connectivity index is 2.67. The molecule has 1 heterocycles. The molecule has 0 aromatic heterocycles. The molecule has 1 rings (SSSR count). The van der Waals surface area contributed by atoms with Gasteiger partial charge in [-0.1, -0.05) is 13.8 Å². The van der Waals surface area contributed by atoms with Crippen LogP contribution in [0.1, 0.15) is 27.7 Å². The van der Waals surface area contributed by atoms with Crippen LogP contribution in [0, 0.1) is 5.92 Å².